The van der Waals surface area contributed by atoms with Crippen LogP contribution in [0.5, 0.6) is 0 Å². The molecular weight excluding hydrogens is 454 g/mol. The Morgan fingerprint density at radius 3 is 2.09 bits per heavy atom. The maximum absolute atomic E-state index is 12.6. The molecule has 1 amide bonds. The van der Waals surface area contributed by atoms with E-state index in [4.69, 9.17) is 23.4 Å². The molecule has 0 radical (unpaired) electrons. The molecule has 1 unspecified atom stereocenters. The molecule has 0 aromatic carbocycles. The lowest BCUT2D eigenvalue weighted by molar-refractivity contribution is -0.159. The predicted molar refractivity (Wildman–Crippen MR) is 135 cm³/mol. The Bertz CT molecular complexity index is 682. The van der Waals surface area contributed by atoms with Gasteiger partial charge in [-0.15, -0.1) is 0 Å². The fraction of sp³-hybridized carbons (Fsp3) is 0.920. The normalized spacial score (nSPS) is 22.7. The summed E-state index contributed by atoms with van der Waals surface area (Å²) in [6.07, 6.45) is 0.997. The molecule has 1 aliphatic heterocycles. The summed E-state index contributed by atoms with van der Waals surface area (Å²) in [7, 11) is -0.465. The summed E-state index contributed by atoms with van der Waals surface area (Å²) in [6, 6.07) is -1.05. The Labute approximate surface area is 207 Å². The number of hydrogen-bond donors (Lipinski definition) is 1. The third-order valence-corrected chi connectivity index (χ3v) is 11.0. The largest absolute Gasteiger partial charge is 0.467 e. The summed E-state index contributed by atoms with van der Waals surface area (Å²) in [6.45, 7) is 23.0. The highest BCUT2D eigenvalue weighted by Gasteiger charge is 2.50. The number of nitrogens with one attached hydrogen (secondary N) is 1. The van der Waals surface area contributed by atoms with E-state index in [0.717, 1.165) is 25.9 Å². The molecule has 0 aliphatic carbocycles. The van der Waals surface area contributed by atoms with Gasteiger partial charge in [0.15, 0.2) is 20.1 Å². The Kier molecular flexibility index (Phi) is 10.6. The zero-order valence-corrected chi connectivity index (χ0v) is 24.5. The molecule has 1 aliphatic rings. The van der Waals surface area contributed by atoms with E-state index in [2.05, 4.69) is 46.1 Å². The summed E-state index contributed by atoms with van der Waals surface area (Å²) in [4.78, 5) is 25.0. The highest BCUT2D eigenvalue weighted by Crippen LogP contribution is 2.37. The van der Waals surface area contributed by atoms with Crippen LogP contribution >= 0.6 is 0 Å². The molecule has 1 rings (SSSR count). The van der Waals surface area contributed by atoms with E-state index in [1.54, 1.807) is 20.8 Å². The molecule has 8 nitrogen and oxygen atoms in total. The summed E-state index contributed by atoms with van der Waals surface area (Å²) in [5.41, 5.74) is -0.698. The smallest absolute Gasteiger partial charge is 0.408 e. The number of ether oxygens (including phenoxy) is 4. The van der Waals surface area contributed by atoms with Crippen LogP contribution < -0.4 is 5.32 Å². The molecule has 0 spiro atoms. The molecule has 0 aromatic heterocycles. The molecule has 34 heavy (non-hydrogen) atoms. The van der Waals surface area contributed by atoms with E-state index < -0.39 is 50.0 Å². The summed E-state index contributed by atoms with van der Waals surface area (Å²) in [5.74, 6) is -1.40. The first-order chi connectivity index (χ1) is 15.3. The van der Waals surface area contributed by atoms with Gasteiger partial charge in [0.2, 0.25) is 0 Å². The van der Waals surface area contributed by atoms with Crippen molar-refractivity contribution >= 4 is 20.4 Å². The second-order valence-electron chi connectivity index (χ2n) is 12.3. The lowest BCUT2D eigenvalue weighted by atomic mass is 9.91. The molecule has 4 atom stereocenters. The number of methoxy groups -OCH3 is 1. The maximum Gasteiger partial charge on any atom is 0.408 e. The predicted octanol–water partition coefficient (Wildman–Crippen LogP) is 5.40. The number of hydrogen-bond acceptors (Lipinski definition) is 7. The van der Waals surface area contributed by atoms with Crippen molar-refractivity contribution in [3.63, 3.8) is 0 Å². The highest BCUT2D eigenvalue weighted by molar-refractivity contribution is 6.74. The van der Waals surface area contributed by atoms with Gasteiger partial charge in [-0.1, -0.05) is 34.1 Å². The average Bonchev–Trinajstić information content (AvgIpc) is 2.98. The van der Waals surface area contributed by atoms with Crippen molar-refractivity contribution in [3.05, 3.63) is 0 Å². The van der Waals surface area contributed by atoms with Crippen molar-refractivity contribution in [1.82, 2.24) is 5.32 Å². The quantitative estimate of drug-likeness (QED) is 0.242. The molecule has 1 heterocycles. The number of carbonyl (C=O) groups excluding carboxylic acids is 2. The Hall–Kier alpha value is -1.16. The lowest BCUT2D eigenvalue weighted by Crippen LogP contribution is -2.54. The number of unbranched alkanes of at least 4 members (excludes halogenated alkanes) is 1. The van der Waals surface area contributed by atoms with Crippen LogP contribution in [-0.2, 0) is 28.2 Å². The molecule has 0 saturated carbocycles. The lowest BCUT2D eigenvalue weighted by Gasteiger charge is -2.36. The van der Waals surface area contributed by atoms with Crippen molar-refractivity contribution in [1.29, 1.82) is 0 Å². The molecule has 0 aromatic rings. The number of esters is 1. The van der Waals surface area contributed by atoms with Gasteiger partial charge in [0.05, 0.1) is 13.2 Å². The Morgan fingerprint density at radius 1 is 1.03 bits per heavy atom. The van der Waals surface area contributed by atoms with Crippen LogP contribution in [0.25, 0.3) is 0 Å². The zero-order chi connectivity index (χ0) is 26.5. The number of alkyl carbamates (subject to hydrolysis) is 1. The van der Waals surface area contributed by atoms with E-state index in [1.807, 2.05) is 13.8 Å². The van der Waals surface area contributed by atoms with Gasteiger partial charge >= 0.3 is 12.1 Å². The summed E-state index contributed by atoms with van der Waals surface area (Å²) in [5, 5.41) is 2.83. The van der Waals surface area contributed by atoms with Gasteiger partial charge in [0.1, 0.15) is 11.7 Å². The Balaban J connectivity index is 2.82. The molecule has 1 fully saturated rings. The van der Waals surface area contributed by atoms with Crippen LogP contribution in [-0.4, -0.2) is 63.7 Å². The molecule has 0 bridgehead atoms. The monoisotopic (exact) mass is 503 g/mol. The minimum absolute atomic E-state index is 0.0900. The van der Waals surface area contributed by atoms with Crippen molar-refractivity contribution in [2.75, 3.05) is 13.7 Å². The summed E-state index contributed by atoms with van der Waals surface area (Å²) >= 11 is 0. The topological polar surface area (TPSA) is 92.3 Å². The molecular formula is C25H49NO7Si. The first-order valence-corrected chi connectivity index (χ1v) is 15.3. The number of carbonyl (C=O) groups is 2. The van der Waals surface area contributed by atoms with E-state index >= 15 is 0 Å². The average molecular weight is 504 g/mol. The van der Waals surface area contributed by atoms with Gasteiger partial charge in [-0.3, -0.25) is 0 Å². The van der Waals surface area contributed by atoms with Gasteiger partial charge in [-0.05, 0) is 71.5 Å². The van der Waals surface area contributed by atoms with Gasteiger partial charge in [-0.2, -0.15) is 0 Å². The standard InChI is InChI=1S/C25H49NO7Si/c1-17(15-13-14-16-30-34(11,12)24(5,6)7)19-20(32-25(8,9)31-19)18(21(27)29-10)26-22(28)33-23(2,3)4/h17-20H,13-16H2,1-12H3,(H,26,28)/t17-,18?,19-,20-/m0/s1. The van der Waals surface area contributed by atoms with Crippen LogP contribution in [0.15, 0.2) is 0 Å². The van der Waals surface area contributed by atoms with Gasteiger partial charge in [0.25, 0.3) is 0 Å². The molecule has 200 valence electrons. The first kappa shape index (κ1) is 30.9. The fourth-order valence-corrected chi connectivity index (χ4v) is 4.72. The van der Waals surface area contributed by atoms with Crippen LogP contribution in [0.1, 0.15) is 81.6 Å². The third kappa shape index (κ3) is 9.47. The first-order valence-electron chi connectivity index (χ1n) is 12.4. The molecule has 1 N–H and O–H groups in total. The SMILES string of the molecule is COC(=O)C(NC(=O)OC(C)(C)C)[C@@H]1OC(C)(C)O[C@H]1[C@@H](C)CCCCO[Si](C)(C)C(C)(C)C. The second-order valence-corrected chi connectivity index (χ2v) is 17.1. The van der Waals surface area contributed by atoms with Crippen molar-refractivity contribution < 1.29 is 33.0 Å². The van der Waals surface area contributed by atoms with Crippen LogP contribution in [0.4, 0.5) is 4.79 Å². The van der Waals surface area contributed by atoms with E-state index in [-0.39, 0.29) is 11.0 Å². The van der Waals surface area contributed by atoms with Gasteiger partial charge < -0.3 is 28.7 Å². The van der Waals surface area contributed by atoms with Crippen molar-refractivity contribution in [2.24, 2.45) is 5.92 Å². The minimum Gasteiger partial charge on any atom is -0.467 e. The van der Waals surface area contributed by atoms with E-state index in [1.165, 1.54) is 7.11 Å². The number of rotatable bonds is 10. The van der Waals surface area contributed by atoms with Gasteiger partial charge in [0, 0.05) is 6.61 Å². The summed E-state index contributed by atoms with van der Waals surface area (Å²) < 4.78 is 28.9. The second kappa shape index (κ2) is 11.7. The zero-order valence-electron chi connectivity index (χ0n) is 23.5. The van der Waals surface area contributed by atoms with Crippen molar-refractivity contribution in [2.45, 2.75) is 129 Å². The third-order valence-electron chi connectivity index (χ3n) is 6.50. The number of amides is 1. The molecule has 9 heteroatoms. The van der Waals surface area contributed by atoms with E-state index in [0.29, 0.717) is 0 Å². The van der Waals surface area contributed by atoms with Crippen LogP contribution in [0, 0.1) is 5.92 Å². The van der Waals surface area contributed by atoms with Crippen LogP contribution in [0.3, 0.4) is 0 Å². The van der Waals surface area contributed by atoms with E-state index in [9.17, 15) is 9.59 Å². The van der Waals surface area contributed by atoms with Crippen LogP contribution in [0.2, 0.25) is 18.1 Å². The minimum atomic E-state index is -1.75. The Morgan fingerprint density at radius 2 is 1.59 bits per heavy atom. The highest BCUT2D eigenvalue weighted by atomic mass is 28.4. The van der Waals surface area contributed by atoms with Gasteiger partial charge in [-0.25, -0.2) is 9.59 Å². The fourth-order valence-electron chi connectivity index (χ4n) is 3.63. The molecule has 1 saturated heterocycles. The maximum atomic E-state index is 12.6. The van der Waals surface area contributed by atoms with Crippen molar-refractivity contribution in [3.8, 4) is 0 Å².